The normalized spacial score (nSPS) is 16.1. The van der Waals surface area contributed by atoms with Gasteiger partial charge in [0, 0.05) is 32.7 Å². The first-order valence-corrected chi connectivity index (χ1v) is 10.9. The van der Waals surface area contributed by atoms with E-state index in [1.807, 2.05) is 6.07 Å². The third-order valence-corrected chi connectivity index (χ3v) is 6.60. The first-order valence-electron chi connectivity index (χ1n) is 8.55. The van der Waals surface area contributed by atoms with Gasteiger partial charge in [0.05, 0.1) is 21.0 Å². The molecule has 0 aliphatic carbocycles. The fourth-order valence-corrected chi connectivity index (χ4v) is 4.90. The molecule has 0 saturated carbocycles. The molecule has 1 unspecified atom stereocenters. The average Bonchev–Trinajstić information content (AvgIpc) is 3.30. The van der Waals surface area contributed by atoms with E-state index in [2.05, 4.69) is 10.4 Å². The van der Waals surface area contributed by atoms with Crippen LogP contribution in [0.3, 0.4) is 0 Å². The highest BCUT2D eigenvalue weighted by Crippen LogP contribution is 2.41. The highest BCUT2D eigenvalue weighted by molar-refractivity contribution is 7.18. The number of hydrogen-bond donors (Lipinski definition) is 1. The fourth-order valence-electron chi connectivity index (χ4n) is 3.08. The van der Waals surface area contributed by atoms with Crippen LogP contribution >= 0.6 is 57.7 Å². The number of nitrogens with zero attached hydrogens (tertiary/aromatic N) is 2. The predicted molar refractivity (Wildman–Crippen MR) is 122 cm³/mol. The van der Waals surface area contributed by atoms with E-state index in [0.717, 1.165) is 10.6 Å². The van der Waals surface area contributed by atoms with Crippen LogP contribution in [0.5, 0.6) is 0 Å². The van der Waals surface area contributed by atoms with Gasteiger partial charge in [-0.2, -0.15) is 5.10 Å². The van der Waals surface area contributed by atoms with E-state index < -0.39 is 12.1 Å². The quantitative estimate of drug-likeness (QED) is 0.405. The number of rotatable bonds is 3. The predicted octanol–water partition coefficient (Wildman–Crippen LogP) is 7.74. The number of hydrogen-bond acceptors (Lipinski definition) is 3. The molecule has 1 aromatic heterocycles. The molecule has 4 nitrogen and oxygen atoms in total. The number of anilines is 1. The minimum atomic E-state index is -0.445. The zero-order chi connectivity index (χ0) is 20.5. The zero-order valence-electron chi connectivity index (χ0n) is 14.7. The summed E-state index contributed by atoms with van der Waals surface area (Å²) in [6, 6.07) is 14.9. The van der Waals surface area contributed by atoms with Crippen LogP contribution in [0.4, 0.5) is 10.5 Å². The van der Waals surface area contributed by atoms with Crippen molar-refractivity contribution in [1.82, 2.24) is 5.01 Å². The number of thiophene rings is 1. The second kappa shape index (κ2) is 8.54. The lowest BCUT2D eigenvalue weighted by Crippen LogP contribution is -2.31. The number of benzene rings is 2. The van der Waals surface area contributed by atoms with E-state index >= 15 is 0 Å². The minimum Gasteiger partial charge on any atom is -0.306 e. The maximum Gasteiger partial charge on any atom is 0.342 e. The smallest absolute Gasteiger partial charge is 0.306 e. The number of carbonyl (C=O) groups is 1. The molecule has 1 aliphatic heterocycles. The summed E-state index contributed by atoms with van der Waals surface area (Å²) in [6.45, 7) is 0. The standard InChI is InChI=1S/C20H13Cl4N3OS/c21-11-4-6-12(7-5-11)25-20(28)27-16(19-13(22)2-1-3-14(19)23)10-15(26-27)17-8-9-18(24)29-17/h1-9,16H,10H2,(H,25,28). The van der Waals surface area contributed by atoms with Crippen LogP contribution in [0.1, 0.15) is 22.9 Å². The van der Waals surface area contributed by atoms with Gasteiger partial charge < -0.3 is 5.32 Å². The molecule has 2 aromatic carbocycles. The lowest BCUT2D eigenvalue weighted by atomic mass is 10.0. The molecule has 0 radical (unpaired) electrons. The minimum absolute atomic E-state index is 0.397. The SMILES string of the molecule is O=C(Nc1ccc(Cl)cc1)N1N=C(c2ccc(Cl)s2)CC1c1c(Cl)cccc1Cl. The Morgan fingerprint density at radius 2 is 1.69 bits per heavy atom. The van der Waals surface area contributed by atoms with Crippen LogP contribution in [0.15, 0.2) is 59.7 Å². The van der Waals surface area contributed by atoms with Crippen LogP contribution in [0.25, 0.3) is 0 Å². The van der Waals surface area contributed by atoms with Crippen LogP contribution < -0.4 is 5.32 Å². The van der Waals surface area contributed by atoms with Crippen molar-refractivity contribution in [3.8, 4) is 0 Å². The van der Waals surface area contributed by atoms with E-state index in [9.17, 15) is 4.79 Å². The Labute approximate surface area is 191 Å². The van der Waals surface area contributed by atoms with E-state index in [4.69, 9.17) is 46.4 Å². The Bertz CT molecular complexity index is 1080. The van der Waals surface area contributed by atoms with Crippen molar-refractivity contribution in [2.45, 2.75) is 12.5 Å². The largest absolute Gasteiger partial charge is 0.342 e. The lowest BCUT2D eigenvalue weighted by molar-refractivity contribution is 0.200. The summed E-state index contributed by atoms with van der Waals surface area (Å²) in [5.74, 6) is 0. The van der Waals surface area contributed by atoms with Crippen LogP contribution in [-0.2, 0) is 0 Å². The molecule has 4 rings (SSSR count). The van der Waals surface area contributed by atoms with Crippen LogP contribution in [0.2, 0.25) is 19.4 Å². The van der Waals surface area contributed by atoms with Crippen molar-refractivity contribution in [1.29, 1.82) is 0 Å². The number of amides is 2. The average molecular weight is 485 g/mol. The number of hydrazone groups is 1. The van der Waals surface area contributed by atoms with Crippen molar-refractivity contribution in [2.75, 3.05) is 5.32 Å². The van der Waals surface area contributed by atoms with E-state index in [1.165, 1.54) is 16.3 Å². The molecular weight excluding hydrogens is 472 g/mol. The molecule has 0 spiro atoms. The second-order valence-electron chi connectivity index (χ2n) is 6.29. The van der Waals surface area contributed by atoms with Gasteiger partial charge in [0.2, 0.25) is 0 Å². The van der Waals surface area contributed by atoms with Gasteiger partial charge in [0.25, 0.3) is 0 Å². The molecular formula is C20H13Cl4N3OS. The maximum absolute atomic E-state index is 13.1. The molecule has 9 heteroatoms. The molecule has 1 N–H and O–H groups in total. The molecule has 1 aliphatic rings. The number of urea groups is 1. The Morgan fingerprint density at radius 1 is 1.00 bits per heavy atom. The van der Waals surface area contributed by atoms with E-state index in [-0.39, 0.29) is 0 Å². The van der Waals surface area contributed by atoms with Gasteiger partial charge in [0.15, 0.2) is 0 Å². The van der Waals surface area contributed by atoms with Gasteiger partial charge >= 0.3 is 6.03 Å². The van der Waals surface area contributed by atoms with Gasteiger partial charge in [-0.05, 0) is 48.5 Å². The van der Waals surface area contributed by atoms with Crippen molar-refractivity contribution in [3.05, 3.63) is 84.4 Å². The van der Waals surface area contributed by atoms with E-state index in [1.54, 1.807) is 48.5 Å². The third-order valence-electron chi connectivity index (χ3n) is 4.40. The highest BCUT2D eigenvalue weighted by Gasteiger charge is 2.36. The summed E-state index contributed by atoms with van der Waals surface area (Å²) < 4.78 is 0.652. The summed E-state index contributed by atoms with van der Waals surface area (Å²) in [5.41, 5.74) is 2.00. The molecule has 2 heterocycles. The Kier molecular flexibility index (Phi) is 6.04. The topological polar surface area (TPSA) is 44.7 Å². The Hall–Kier alpha value is -1.76. The number of halogens is 4. The summed E-state index contributed by atoms with van der Waals surface area (Å²) in [5, 5.41) is 10.3. The van der Waals surface area contributed by atoms with E-state index in [0.29, 0.717) is 37.1 Å². The van der Waals surface area contributed by atoms with Crippen LogP contribution in [-0.4, -0.2) is 16.8 Å². The molecule has 0 fully saturated rings. The van der Waals surface area contributed by atoms with Gasteiger partial charge in [-0.25, -0.2) is 9.80 Å². The molecule has 29 heavy (non-hydrogen) atoms. The summed E-state index contributed by atoms with van der Waals surface area (Å²) >= 11 is 26.3. The summed E-state index contributed by atoms with van der Waals surface area (Å²) in [7, 11) is 0. The maximum atomic E-state index is 13.1. The van der Waals surface area contributed by atoms with Gasteiger partial charge in [0.1, 0.15) is 0 Å². The summed E-state index contributed by atoms with van der Waals surface area (Å²) in [4.78, 5) is 13.9. The van der Waals surface area contributed by atoms with Crippen molar-refractivity contribution in [3.63, 3.8) is 0 Å². The molecule has 0 bridgehead atoms. The number of nitrogens with one attached hydrogen (secondary N) is 1. The Morgan fingerprint density at radius 3 is 2.31 bits per heavy atom. The number of carbonyl (C=O) groups excluding carboxylic acids is 1. The van der Waals surface area contributed by atoms with Crippen molar-refractivity contribution in [2.24, 2.45) is 5.10 Å². The first-order chi connectivity index (χ1) is 13.9. The lowest BCUT2D eigenvalue weighted by Gasteiger charge is -2.24. The van der Waals surface area contributed by atoms with Crippen LogP contribution in [0, 0.1) is 0 Å². The molecule has 2 amide bonds. The zero-order valence-corrected chi connectivity index (χ0v) is 18.5. The molecule has 148 valence electrons. The molecule has 0 saturated heterocycles. The van der Waals surface area contributed by atoms with Gasteiger partial charge in [-0.3, -0.25) is 0 Å². The van der Waals surface area contributed by atoms with Crippen molar-refractivity contribution >= 4 is 75.2 Å². The summed E-state index contributed by atoms with van der Waals surface area (Å²) in [6.07, 6.45) is 0.467. The van der Waals surface area contributed by atoms with Gasteiger partial charge in [-0.15, -0.1) is 11.3 Å². The van der Waals surface area contributed by atoms with Gasteiger partial charge in [-0.1, -0.05) is 52.5 Å². The third kappa shape index (κ3) is 4.39. The molecule has 1 atom stereocenters. The van der Waals surface area contributed by atoms with Crippen molar-refractivity contribution < 1.29 is 4.79 Å². The monoisotopic (exact) mass is 483 g/mol. The second-order valence-corrected chi connectivity index (χ2v) is 9.25. The molecule has 3 aromatic rings. The first kappa shape index (κ1) is 20.5. The Balaban J connectivity index is 1.69. The fraction of sp³-hybridized carbons (Fsp3) is 0.100. The highest BCUT2D eigenvalue weighted by atomic mass is 35.5.